The molecule has 1 aliphatic rings. The smallest absolute Gasteiger partial charge is 0.0954 e. The molecule has 0 spiro atoms. The number of hydrogen-bond acceptors (Lipinski definition) is 2. The van der Waals surface area contributed by atoms with E-state index in [4.69, 9.17) is 0 Å². The zero-order valence-corrected chi connectivity index (χ0v) is 12.4. The Kier molecular flexibility index (Phi) is 4.10. The van der Waals surface area contributed by atoms with E-state index in [1.54, 1.807) is 0 Å². The zero-order valence-electron chi connectivity index (χ0n) is 12.4. The van der Waals surface area contributed by atoms with E-state index in [9.17, 15) is 0 Å². The molecule has 0 aliphatic heterocycles. The molecule has 0 radical (unpaired) electrons. The monoisotopic (exact) mass is 249 g/mol. The first kappa shape index (κ1) is 13.6. The summed E-state index contributed by atoms with van der Waals surface area (Å²) in [6.45, 7) is 12.3. The Morgan fingerprint density at radius 1 is 1.33 bits per heavy atom. The largest absolute Gasteiger partial charge is 0.330 e. The minimum atomic E-state index is 0.558. The van der Waals surface area contributed by atoms with Crippen molar-refractivity contribution in [3.05, 3.63) is 17.7 Å². The van der Waals surface area contributed by atoms with E-state index in [0.717, 1.165) is 18.2 Å². The highest BCUT2D eigenvalue weighted by Gasteiger charge is 2.35. The highest BCUT2D eigenvalue weighted by molar-refractivity contribution is 5.11. The summed E-state index contributed by atoms with van der Waals surface area (Å²) < 4.78 is 2.40. The maximum atomic E-state index is 4.47. The Labute approximate surface area is 111 Å². The summed E-state index contributed by atoms with van der Waals surface area (Å²) in [5, 5.41) is 3.68. The zero-order chi connectivity index (χ0) is 13.3. The molecule has 0 saturated heterocycles. The van der Waals surface area contributed by atoms with Gasteiger partial charge in [0.1, 0.15) is 0 Å². The van der Waals surface area contributed by atoms with Gasteiger partial charge in [0.2, 0.25) is 0 Å². The van der Waals surface area contributed by atoms with Crippen LogP contribution in [0.4, 0.5) is 0 Å². The Bertz CT molecular complexity index is 396. The number of nitrogens with one attached hydrogen (secondary N) is 1. The molecule has 18 heavy (non-hydrogen) atoms. The lowest BCUT2D eigenvalue weighted by atomic mass is 9.76. The first-order valence-electron chi connectivity index (χ1n) is 7.28. The van der Waals surface area contributed by atoms with Crippen LogP contribution < -0.4 is 5.32 Å². The predicted octanol–water partition coefficient (Wildman–Crippen LogP) is 3.09. The fraction of sp³-hybridized carbons (Fsp3) is 0.800. The van der Waals surface area contributed by atoms with Gasteiger partial charge < -0.3 is 9.88 Å². The van der Waals surface area contributed by atoms with Gasteiger partial charge in [-0.1, -0.05) is 20.8 Å². The molecule has 1 heterocycles. The van der Waals surface area contributed by atoms with Crippen molar-refractivity contribution in [2.24, 2.45) is 11.8 Å². The van der Waals surface area contributed by atoms with Gasteiger partial charge in [0.25, 0.3) is 0 Å². The highest BCUT2D eigenvalue weighted by atomic mass is 15.1. The molecule has 0 amide bonds. The number of aromatic nitrogens is 2. The molecule has 1 N–H and O–H groups in total. The maximum Gasteiger partial charge on any atom is 0.0954 e. The van der Waals surface area contributed by atoms with Crippen LogP contribution in [0, 0.1) is 25.7 Å². The Morgan fingerprint density at radius 2 is 2.06 bits per heavy atom. The van der Waals surface area contributed by atoms with E-state index in [0.29, 0.717) is 18.0 Å². The maximum absolute atomic E-state index is 4.47. The molecule has 102 valence electrons. The van der Waals surface area contributed by atoms with Crippen LogP contribution in [0.5, 0.6) is 0 Å². The third kappa shape index (κ3) is 2.46. The van der Waals surface area contributed by atoms with Crippen molar-refractivity contribution in [2.75, 3.05) is 6.54 Å². The van der Waals surface area contributed by atoms with E-state index < -0.39 is 0 Å². The summed E-state index contributed by atoms with van der Waals surface area (Å²) in [6.07, 6.45) is 4.63. The van der Waals surface area contributed by atoms with Crippen molar-refractivity contribution < 1.29 is 0 Å². The molecule has 1 fully saturated rings. The quantitative estimate of drug-likeness (QED) is 0.892. The number of rotatable bonds is 3. The van der Waals surface area contributed by atoms with Gasteiger partial charge in [-0.25, -0.2) is 4.98 Å². The molecule has 1 aliphatic carbocycles. The standard InChI is InChI=1S/C15H27N3/c1-6-16-14-8-10(2)7-11(3)15(14)18-9-17-12(4)13(18)5/h9-11,14-16H,6-8H2,1-5H3. The summed E-state index contributed by atoms with van der Waals surface area (Å²) in [4.78, 5) is 4.47. The van der Waals surface area contributed by atoms with Crippen molar-refractivity contribution in [1.82, 2.24) is 14.9 Å². The molecular formula is C15H27N3. The van der Waals surface area contributed by atoms with Gasteiger partial charge in [0.05, 0.1) is 18.1 Å². The second kappa shape index (κ2) is 5.43. The van der Waals surface area contributed by atoms with E-state index in [2.05, 4.69) is 49.5 Å². The van der Waals surface area contributed by atoms with E-state index in [1.165, 1.54) is 18.5 Å². The van der Waals surface area contributed by atoms with Gasteiger partial charge in [-0.2, -0.15) is 0 Å². The Balaban J connectivity index is 2.29. The summed E-state index contributed by atoms with van der Waals surface area (Å²) in [5.74, 6) is 1.54. The van der Waals surface area contributed by atoms with Crippen molar-refractivity contribution in [3.8, 4) is 0 Å². The van der Waals surface area contributed by atoms with E-state index >= 15 is 0 Å². The molecule has 1 aromatic heterocycles. The molecule has 3 nitrogen and oxygen atoms in total. The second-order valence-corrected chi connectivity index (χ2v) is 6.03. The lowest BCUT2D eigenvalue weighted by Crippen LogP contribution is -2.45. The average molecular weight is 249 g/mol. The average Bonchev–Trinajstić information content (AvgIpc) is 2.60. The lowest BCUT2D eigenvalue weighted by Gasteiger charge is -2.41. The SMILES string of the molecule is CCNC1CC(C)CC(C)C1n1cnc(C)c1C. The van der Waals surface area contributed by atoms with E-state index in [-0.39, 0.29) is 0 Å². The highest BCUT2D eigenvalue weighted by Crippen LogP contribution is 2.37. The third-order valence-electron chi connectivity index (χ3n) is 4.50. The van der Waals surface area contributed by atoms with Crippen molar-refractivity contribution >= 4 is 0 Å². The molecule has 0 bridgehead atoms. The lowest BCUT2D eigenvalue weighted by molar-refractivity contribution is 0.153. The fourth-order valence-electron chi connectivity index (χ4n) is 3.59. The topological polar surface area (TPSA) is 29.9 Å². The van der Waals surface area contributed by atoms with Crippen LogP contribution in [0.15, 0.2) is 6.33 Å². The first-order valence-corrected chi connectivity index (χ1v) is 7.28. The van der Waals surface area contributed by atoms with Crippen LogP contribution in [-0.4, -0.2) is 22.1 Å². The number of nitrogens with zero attached hydrogens (tertiary/aromatic N) is 2. The van der Waals surface area contributed by atoms with Crippen LogP contribution >= 0.6 is 0 Å². The number of likely N-dealkylation sites (N-methyl/N-ethyl adjacent to an activating group) is 1. The Morgan fingerprint density at radius 3 is 2.61 bits per heavy atom. The first-order chi connectivity index (χ1) is 8.54. The summed E-state index contributed by atoms with van der Waals surface area (Å²) in [7, 11) is 0. The molecular weight excluding hydrogens is 222 g/mol. The van der Waals surface area contributed by atoms with Gasteiger partial charge in [0.15, 0.2) is 0 Å². The van der Waals surface area contributed by atoms with Crippen molar-refractivity contribution in [3.63, 3.8) is 0 Å². The summed E-state index contributed by atoms with van der Waals surface area (Å²) in [6, 6.07) is 1.14. The van der Waals surface area contributed by atoms with Crippen LogP contribution in [0.25, 0.3) is 0 Å². The predicted molar refractivity (Wildman–Crippen MR) is 75.8 cm³/mol. The molecule has 1 aromatic rings. The van der Waals surface area contributed by atoms with Gasteiger partial charge in [-0.05, 0) is 45.1 Å². The normalized spacial score (nSPS) is 32.7. The van der Waals surface area contributed by atoms with Crippen LogP contribution in [-0.2, 0) is 0 Å². The molecule has 0 aromatic carbocycles. The van der Waals surface area contributed by atoms with Gasteiger partial charge in [-0.15, -0.1) is 0 Å². The number of aryl methyl sites for hydroxylation is 1. The van der Waals surface area contributed by atoms with Gasteiger partial charge in [-0.3, -0.25) is 0 Å². The van der Waals surface area contributed by atoms with Crippen LogP contribution in [0.1, 0.15) is 51.0 Å². The minimum absolute atomic E-state index is 0.558. The van der Waals surface area contributed by atoms with Crippen LogP contribution in [0.2, 0.25) is 0 Å². The van der Waals surface area contributed by atoms with Crippen molar-refractivity contribution in [1.29, 1.82) is 0 Å². The molecule has 1 saturated carbocycles. The third-order valence-corrected chi connectivity index (χ3v) is 4.50. The second-order valence-electron chi connectivity index (χ2n) is 6.03. The van der Waals surface area contributed by atoms with Gasteiger partial charge >= 0.3 is 0 Å². The summed E-state index contributed by atoms with van der Waals surface area (Å²) >= 11 is 0. The molecule has 3 heteroatoms. The number of imidazole rings is 1. The number of hydrogen-bond donors (Lipinski definition) is 1. The van der Waals surface area contributed by atoms with E-state index in [1.807, 2.05) is 6.33 Å². The van der Waals surface area contributed by atoms with Crippen molar-refractivity contribution in [2.45, 2.75) is 59.5 Å². The molecule has 4 unspecified atom stereocenters. The van der Waals surface area contributed by atoms with Crippen LogP contribution in [0.3, 0.4) is 0 Å². The Hall–Kier alpha value is -0.830. The van der Waals surface area contributed by atoms with Gasteiger partial charge in [0, 0.05) is 11.7 Å². The molecule has 4 atom stereocenters. The summed E-state index contributed by atoms with van der Waals surface area (Å²) in [5.41, 5.74) is 2.49. The fourth-order valence-corrected chi connectivity index (χ4v) is 3.59. The minimum Gasteiger partial charge on any atom is -0.330 e. The molecule has 2 rings (SSSR count).